The van der Waals surface area contributed by atoms with Gasteiger partial charge in [0.05, 0.1) is 12.4 Å². The van der Waals surface area contributed by atoms with Gasteiger partial charge in [-0.15, -0.1) is 0 Å². The van der Waals surface area contributed by atoms with Crippen LogP contribution in [0.1, 0.15) is 51.9 Å². The van der Waals surface area contributed by atoms with Crippen molar-refractivity contribution in [2.24, 2.45) is 5.92 Å². The zero-order valence-corrected chi connectivity index (χ0v) is 12.2. The minimum Gasteiger partial charge on any atom is -0.467 e. The highest BCUT2D eigenvalue weighted by Gasteiger charge is 2.07. The third-order valence-electron chi connectivity index (χ3n) is 2.78. The van der Waals surface area contributed by atoms with Crippen molar-refractivity contribution >= 4 is 0 Å². The number of ether oxygens (including phenoxy) is 1. The smallest absolute Gasteiger partial charge is 0.129 e. The summed E-state index contributed by atoms with van der Waals surface area (Å²) < 4.78 is 11.2. The van der Waals surface area contributed by atoms with Crippen molar-refractivity contribution in [3.63, 3.8) is 0 Å². The van der Waals surface area contributed by atoms with Crippen LogP contribution in [0.25, 0.3) is 0 Å². The Labute approximate surface area is 111 Å². The highest BCUT2D eigenvalue weighted by atomic mass is 16.5. The number of furan rings is 1. The Morgan fingerprint density at radius 2 is 2.11 bits per heavy atom. The van der Waals surface area contributed by atoms with E-state index in [1.54, 1.807) is 0 Å². The second-order valence-corrected chi connectivity index (χ2v) is 5.35. The maximum Gasteiger partial charge on any atom is 0.129 e. The molecular weight excluding hydrogens is 226 g/mol. The zero-order valence-electron chi connectivity index (χ0n) is 12.2. The maximum atomic E-state index is 5.76. The lowest BCUT2D eigenvalue weighted by Crippen LogP contribution is -2.13. The topological polar surface area (TPSA) is 34.4 Å². The Kier molecular flexibility index (Phi) is 7.06. The molecule has 18 heavy (non-hydrogen) atoms. The third-order valence-corrected chi connectivity index (χ3v) is 2.78. The van der Waals surface area contributed by atoms with Crippen LogP contribution in [0.4, 0.5) is 0 Å². The van der Waals surface area contributed by atoms with Crippen LogP contribution in [0.5, 0.6) is 0 Å². The fourth-order valence-corrected chi connectivity index (χ4v) is 1.96. The Morgan fingerprint density at radius 1 is 1.33 bits per heavy atom. The monoisotopic (exact) mass is 253 g/mol. The van der Waals surface area contributed by atoms with E-state index in [4.69, 9.17) is 9.15 Å². The summed E-state index contributed by atoms with van der Waals surface area (Å²) >= 11 is 0. The molecular formula is C15H27NO2. The van der Waals surface area contributed by atoms with Gasteiger partial charge in [-0.05, 0) is 38.3 Å². The van der Waals surface area contributed by atoms with Gasteiger partial charge in [-0.25, -0.2) is 0 Å². The van der Waals surface area contributed by atoms with Crippen LogP contribution < -0.4 is 5.32 Å². The lowest BCUT2D eigenvalue weighted by molar-refractivity contribution is 0.0303. The van der Waals surface area contributed by atoms with Crippen molar-refractivity contribution in [2.75, 3.05) is 6.54 Å². The summed E-state index contributed by atoms with van der Waals surface area (Å²) in [6.45, 7) is 11.2. The van der Waals surface area contributed by atoms with E-state index < -0.39 is 0 Å². The number of hydrogen-bond acceptors (Lipinski definition) is 3. The molecule has 104 valence electrons. The molecule has 0 saturated heterocycles. The second kappa shape index (κ2) is 8.33. The van der Waals surface area contributed by atoms with Crippen LogP contribution in [-0.4, -0.2) is 12.6 Å². The summed E-state index contributed by atoms with van der Waals surface area (Å²) in [6.07, 6.45) is 4.34. The summed E-state index contributed by atoms with van der Waals surface area (Å²) in [5.41, 5.74) is 1.19. The van der Waals surface area contributed by atoms with Crippen LogP contribution in [0, 0.1) is 5.92 Å². The van der Waals surface area contributed by atoms with Crippen molar-refractivity contribution in [3.05, 3.63) is 23.7 Å². The van der Waals surface area contributed by atoms with Crippen molar-refractivity contribution < 1.29 is 9.15 Å². The first-order chi connectivity index (χ1) is 8.61. The molecule has 1 rings (SSSR count). The van der Waals surface area contributed by atoms with Crippen molar-refractivity contribution in [1.82, 2.24) is 5.32 Å². The van der Waals surface area contributed by atoms with Gasteiger partial charge in [-0.1, -0.05) is 20.8 Å². The normalized spacial score (nSPS) is 13.2. The van der Waals surface area contributed by atoms with E-state index in [-0.39, 0.29) is 6.10 Å². The number of rotatable bonds is 9. The third kappa shape index (κ3) is 6.22. The van der Waals surface area contributed by atoms with Gasteiger partial charge in [0, 0.05) is 12.1 Å². The van der Waals surface area contributed by atoms with E-state index in [1.165, 1.54) is 5.56 Å². The van der Waals surface area contributed by atoms with E-state index in [1.807, 2.05) is 6.26 Å². The Bertz CT molecular complexity index is 320. The van der Waals surface area contributed by atoms with Crippen molar-refractivity contribution in [3.8, 4) is 0 Å². The number of nitrogens with one attached hydrogen (secondary N) is 1. The molecule has 0 bridgehead atoms. The van der Waals surface area contributed by atoms with Crippen LogP contribution in [-0.2, 0) is 17.9 Å². The van der Waals surface area contributed by atoms with Gasteiger partial charge in [0.15, 0.2) is 0 Å². The first-order valence-electron chi connectivity index (χ1n) is 7.00. The van der Waals surface area contributed by atoms with Crippen LogP contribution in [0.15, 0.2) is 16.7 Å². The largest absolute Gasteiger partial charge is 0.467 e. The number of hydrogen-bond donors (Lipinski definition) is 1. The first-order valence-corrected chi connectivity index (χ1v) is 7.00. The molecule has 1 atom stereocenters. The van der Waals surface area contributed by atoms with Gasteiger partial charge in [0.25, 0.3) is 0 Å². The molecule has 0 aliphatic heterocycles. The molecule has 0 aliphatic rings. The van der Waals surface area contributed by atoms with Crippen molar-refractivity contribution in [1.29, 1.82) is 0 Å². The lowest BCUT2D eigenvalue weighted by atomic mass is 10.1. The fraction of sp³-hybridized carbons (Fsp3) is 0.733. The van der Waals surface area contributed by atoms with Gasteiger partial charge < -0.3 is 14.5 Å². The first kappa shape index (κ1) is 15.3. The molecule has 1 heterocycles. The van der Waals surface area contributed by atoms with Crippen LogP contribution in [0.2, 0.25) is 0 Å². The molecule has 1 aromatic heterocycles. The predicted octanol–water partition coefficient (Wildman–Crippen LogP) is 3.73. The molecule has 3 heteroatoms. The minimum absolute atomic E-state index is 0.289. The average molecular weight is 253 g/mol. The Balaban J connectivity index is 2.26. The van der Waals surface area contributed by atoms with Gasteiger partial charge in [0.2, 0.25) is 0 Å². The summed E-state index contributed by atoms with van der Waals surface area (Å²) in [5.74, 6) is 1.59. The van der Waals surface area contributed by atoms with Gasteiger partial charge in [-0.2, -0.15) is 0 Å². The molecule has 0 aliphatic carbocycles. The molecule has 0 radical (unpaired) electrons. The molecule has 3 nitrogen and oxygen atoms in total. The lowest BCUT2D eigenvalue weighted by Gasteiger charge is -2.13. The van der Waals surface area contributed by atoms with Gasteiger partial charge >= 0.3 is 0 Å². The molecule has 1 aromatic rings. The zero-order chi connectivity index (χ0) is 13.4. The van der Waals surface area contributed by atoms with Gasteiger partial charge in [0.1, 0.15) is 12.4 Å². The molecule has 1 unspecified atom stereocenters. The van der Waals surface area contributed by atoms with E-state index in [2.05, 4.69) is 39.1 Å². The minimum atomic E-state index is 0.289. The summed E-state index contributed by atoms with van der Waals surface area (Å²) in [4.78, 5) is 0. The second-order valence-electron chi connectivity index (χ2n) is 5.35. The average Bonchev–Trinajstić information content (AvgIpc) is 2.74. The Morgan fingerprint density at radius 3 is 2.78 bits per heavy atom. The summed E-state index contributed by atoms with van der Waals surface area (Å²) in [6, 6.07) is 2.07. The maximum absolute atomic E-state index is 5.76. The molecule has 0 fully saturated rings. The molecule has 0 amide bonds. The van der Waals surface area contributed by atoms with Crippen LogP contribution >= 0.6 is 0 Å². The highest BCUT2D eigenvalue weighted by Crippen LogP contribution is 2.13. The summed E-state index contributed by atoms with van der Waals surface area (Å²) in [5, 5.41) is 3.35. The Hall–Kier alpha value is -0.800. The van der Waals surface area contributed by atoms with E-state index >= 15 is 0 Å². The van der Waals surface area contributed by atoms with Crippen LogP contribution in [0.3, 0.4) is 0 Å². The van der Waals surface area contributed by atoms with Crippen molar-refractivity contribution in [2.45, 2.75) is 59.8 Å². The SMILES string of the molecule is CCCNCc1coc(COC(C)CC(C)C)c1. The van der Waals surface area contributed by atoms with E-state index in [0.29, 0.717) is 12.5 Å². The molecule has 1 N–H and O–H groups in total. The highest BCUT2D eigenvalue weighted by molar-refractivity contribution is 5.12. The van der Waals surface area contributed by atoms with E-state index in [9.17, 15) is 0 Å². The summed E-state index contributed by atoms with van der Waals surface area (Å²) in [7, 11) is 0. The molecule has 0 spiro atoms. The standard InChI is InChI=1S/C15H27NO2/c1-5-6-16-9-14-8-15(18-10-14)11-17-13(4)7-12(2)3/h8,10,12-13,16H,5-7,9,11H2,1-4H3. The molecule has 0 aromatic carbocycles. The molecule has 0 saturated carbocycles. The quantitative estimate of drug-likeness (QED) is 0.681. The van der Waals surface area contributed by atoms with Gasteiger partial charge in [-0.3, -0.25) is 0 Å². The van der Waals surface area contributed by atoms with E-state index in [0.717, 1.165) is 31.7 Å². The fourth-order valence-electron chi connectivity index (χ4n) is 1.96. The predicted molar refractivity (Wildman–Crippen MR) is 74.4 cm³/mol.